The maximum Gasteiger partial charge on any atom is 0.254 e. The highest BCUT2D eigenvalue weighted by molar-refractivity contribution is 6.15. The largest absolute Gasteiger partial charge is 0.378 e. The van der Waals surface area contributed by atoms with Crippen molar-refractivity contribution in [3.8, 4) is 0 Å². The smallest absolute Gasteiger partial charge is 0.254 e. The second-order valence-corrected chi connectivity index (χ2v) is 5.65. The van der Waals surface area contributed by atoms with Crippen LogP contribution in [0.4, 0.5) is 0 Å². The second kappa shape index (κ2) is 6.75. The minimum atomic E-state index is -0.123. The number of amides is 1. The quantitative estimate of drug-likeness (QED) is 0.819. The van der Waals surface area contributed by atoms with E-state index in [0.29, 0.717) is 43.0 Å². The van der Waals surface area contributed by atoms with E-state index in [-0.39, 0.29) is 11.7 Å². The minimum absolute atomic E-state index is 0.107. The number of aryl methyl sites for hydroxylation is 1. The van der Waals surface area contributed by atoms with E-state index in [2.05, 4.69) is 0 Å². The molecule has 0 spiro atoms. The van der Waals surface area contributed by atoms with Crippen molar-refractivity contribution in [2.24, 2.45) is 0 Å². The van der Waals surface area contributed by atoms with Crippen LogP contribution >= 0.6 is 0 Å². The van der Waals surface area contributed by atoms with Gasteiger partial charge in [-0.3, -0.25) is 9.59 Å². The highest BCUT2D eigenvalue weighted by Gasteiger charge is 2.23. The molecule has 4 nitrogen and oxygen atoms in total. The molecule has 0 N–H and O–H groups in total. The van der Waals surface area contributed by atoms with Crippen molar-refractivity contribution >= 4 is 11.7 Å². The molecule has 2 aromatic carbocycles. The van der Waals surface area contributed by atoms with E-state index in [4.69, 9.17) is 4.74 Å². The average molecular weight is 309 g/mol. The van der Waals surface area contributed by atoms with Crippen molar-refractivity contribution in [1.29, 1.82) is 0 Å². The van der Waals surface area contributed by atoms with Crippen LogP contribution in [0.5, 0.6) is 0 Å². The Bertz CT molecular complexity index is 716. The molecule has 0 aromatic heterocycles. The van der Waals surface area contributed by atoms with Crippen LogP contribution < -0.4 is 0 Å². The molecule has 1 heterocycles. The summed E-state index contributed by atoms with van der Waals surface area (Å²) in [7, 11) is 0. The van der Waals surface area contributed by atoms with Crippen LogP contribution in [-0.2, 0) is 4.74 Å². The monoisotopic (exact) mass is 309 g/mol. The molecule has 1 amide bonds. The zero-order valence-electron chi connectivity index (χ0n) is 13.1. The van der Waals surface area contributed by atoms with E-state index in [9.17, 15) is 9.59 Å². The molecule has 0 atom stereocenters. The van der Waals surface area contributed by atoms with Gasteiger partial charge in [0.15, 0.2) is 5.78 Å². The molecule has 0 aliphatic carbocycles. The summed E-state index contributed by atoms with van der Waals surface area (Å²) in [6, 6.07) is 14.4. The third-order valence-corrected chi connectivity index (χ3v) is 4.01. The van der Waals surface area contributed by atoms with Crippen molar-refractivity contribution in [2.75, 3.05) is 26.3 Å². The molecular formula is C19H19NO3. The SMILES string of the molecule is Cc1ccc(C(=O)c2ccccc2C(=O)N2CCOCC2)cc1. The Morgan fingerprint density at radius 2 is 1.52 bits per heavy atom. The summed E-state index contributed by atoms with van der Waals surface area (Å²) in [5.41, 5.74) is 2.60. The maximum absolute atomic E-state index is 12.8. The summed E-state index contributed by atoms with van der Waals surface area (Å²) in [5.74, 6) is -0.230. The lowest BCUT2D eigenvalue weighted by atomic mass is 9.97. The Hall–Kier alpha value is -2.46. The predicted octanol–water partition coefficient (Wildman–Crippen LogP) is 2.70. The number of ether oxygens (including phenoxy) is 1. The van der Waals surface area contributed by atoms with Crippen LogP contribution in [0.1, 0.15) is 31.8 Å². The number of ketones is 1. The Labute approximate surface area is 135 Å². The van der Waals surface area contributed by atoms with E-state index in [1.165, 1.54) is 0 Å². The van der Waals surface area contributed by atoms with Crippen LogP contribution in [0, 0.1) is 6.92 Å². The average Bonchev–Trinajstić information content (AvgIpc) is 2.62. The summed E-state index contributed by atoms with van der Waals surface area (Å²) in [6.07, 6.45) is 0. The molecule has 0 radical (unpaired) electrons. The van der Waals surface area contributed by atoms with Gasteiger partial charge >= 0.3 is 0 Å². The van der Waals surface area contributed by atoms with Crippen molar-refractivity contribution < 1.29 is 14.3 Å². The number of morpholine rings is 1. The van der Waals surface area contributed by atoms with Crippen LogP contribution in [0.25, 0.3) is 0 Å². The number of benzene rings is 2. The molecule has 1 fully saturated rings. The fourth-order valence-corrected chi connectivity index (χ4v) is 2.66. The summed E-state index contributed by atoms with van der Waals surface area (Å²) < 4.78 is 5.28. The van der Waals surface area contributed by atoms with Crippen LogP contribution in [0.3, 0.4) is 0 Å². The van der Waals surface area contributed by atoms with Gasteiger partial charge in [0, 0.05) is 24.2 Å². The van der Waals surface area contributed by atoms with Gasteiger partial charge in [-0.15, -0.1) is 0 Å². The van der Waals surface area contributed by atoms with Gasteiger partial charge < -0.3 is 9.64 Å². The lowest BCUT2D eigenvalue weighted by Crippen LogP contribution is -2.41. The number of hydrogen-bond donors (Lipinski definition) is 0. The normalized spacial score (nSPS) is 14.6. The van der Waals surface area contributed by atoms with E-state index in [0.717, 1.165) is 5.56 Å². The first-order chi connectivity index (χ1) is 11.2. The second-order valence-electron chi connectivity index (χ2n) is 5.65. The molecule has 0 unspecified atom stereocenters. The highest BCUT2D eigenvalue weighted by Crippen LogP contribution is 2.18. The standard InChI is InChI=1S/C19H19NO3/c1-14-6-8-15(9-7-14)18(21)16-4-2-3-5-17(16)19(22)20-10-12-23-13-11-20/h2-9H,10-13H2,1H3. The van der Waals surface area contributed by atoms with Gasteiger partial charge in [0.1, 0.15) is 0 Å². The van der Waals surface area contributed by atoms with Gasteiger partial charge in [-0.05, 0) is 13.0 Å². The summed E-state index contributed by atoms with van der Waals surface area (Å²) in [5, 5.41) is 0. The van der Waals surface area contributed by atoms with E-state index >= 15 is 0 Å². The van der Waals surface area contributed by atoms with Crippen molar-refractivity contribution in [3.63, 3.8) is 0 Å². The van der Waals surface area contributed by atoms with Gasteiger partial charge in [-0.2, -0.15) is 0 Å². The van der Waals surface area contributed by atoms with Gasteiger partial charge in [-0.25, -0.2) is 0 Å². The number of nitrogens with zero attached hydrogens (tertiary/aromatic N) is 1. The maximum atomic E-state index is 12.8. The summed E-state index contributed by atoms with van der Waals surface area (Å²) in [4.78, 5) is 27.2. The van der Waals surface area contributed by atoms with Crippen LogP contribution in [0.15, 0.2) is 48.5 Å². The fraction of sp³-hybridized carbons (Fsp3) is 0.263. The number of carbonyl (C=O) groups excluding carboxylic acids is 2. The lowest BCUT2D eigenvalue weighted by Gasteiger charge is -2.27. The van der Waals surface area contributed by atoms with Crippen LogP contribution in [-0.4, -0.2) is 42.9 Å². The Morgan fingerprint density at radius 3 is 2.17 bits per heavy atom. The molecule has 2 aromatic rings. The highest BCUT2D eigenvalue weighted by atomic mass is 16.5. The molecule has 23 heavy (non-hydrogen) atoms. The Balaban J connectivity index is 1.92. The van der Waals surface area contributed by atoms with Crippen LogP contribution in [0.2, 0.25) is 0 Å². The molecular weight excluding hydrogens is 290 g/mol. The van der Waals surface area contributed by atoms with Gasteiger partial charge in [0.2, 0.25) is 0 Å². The first kappa shape index (κ1) is 15.4. The molecule has 3 rings (SSSR count). The Morgan fingerprint density at radius 1 is 0.913 bits per heavy atom. The molecule has 0 saturated carbocycles. The number of rotatable bonds is 3. The third kappa shape index (κ3) is 3.32. The molecule has 4 heteroatoms. The van der Waals surface area contributed by atoms with Gasteiger partial charge in [0.05, 0.1) is 18.8 Å². The molecule has 1 aliphatic rings. The van der Waals surface area contributed by atoms with Crippen molar-refractivity contribution in [2.45, 2.75) is 6.92 Å². The molecule has 1 aliphatic heterocycles. The summed E-state index contributed by atoms with van der Waals surface area (Å²) in [6.45, 7) is 4.18. The zero-order chi connectivity index (χ0) is 16.2. The first-order valence-corrected chi connectivity index (χ1v) is 7.74. The lowest BCUT2D eigenvalue weighted by molar-refractivity contribution is 0.0302. The van der Waals surface area contributed by atoms with Crippen molar-refractivity contribution in [1.82, 2.24) is 4.90 Å². The van der Waals surface area contributed by atoms with E-state index in [1.807, 2.05) is 19.1 Å². The predicted molar refractivity (Wildman–Crippen MR) is 87.8 cm³/mol. The first-order valence-electron chi connectivity index (χ1n) is 7.74. The topological polar surface area (TPSA) is 46.6 Å². The summed E-state index contributed by atoms with van der Waals surface area (Å²) >= 11 is 0. The number of carbonyl (C=O) groups is 2. The molecule has 1 saturated heterocycles. The number of hydrogen-bond acceptors (Lipinski definition) is 3. The van der Waals surface area contributed by atoms with E-state index in [1.54, 1.807) is 41.3 Å². The minimum Gasteiger partial charge on any atom is -0.378 e. The van der Waals surface area contributed by atoms with E-state index < -0.39 is 0 Å². The van der Waals surface area contributed by atoms with Gasteiger partial charge in [-0.1, -0.05) is 48.0 Å². The van der Waals surface area contributed by atoms with Gasteiger partial charge in [0.25, 0.3) is 5.91 Å². The third-order valence-electron chi connectivity index (χ3n) is 4.01. The molecule has 118 valence electrons. The fourth-order valence-electron chi connectivity index (χ4n) is 2.66. The Kier molecular flexibility index (Phi) is 4.53. The van der Waals surface area contributed by atoms with Crippen molar-refractivity contribution in [3.05, 3.63) is 70.8 Å². The molecule has 0 bridgehead atoms. The zero-order valence-corrected chi connectivity index (χ0v) is 13.1.